The van der Waals surface area contributed by atoms with Crippen molar-refractivity contribution in [3.05, 3.63) is 41.1 Å². The van der Waals surface area contributed by atoms with E-state index in [1.165, 1.54) is 0 Å². The van der Waals surface area contributed by atoms with Crippen LogP contribution >= 0.6 is 0 Å². The first-order valence-electron chi connectivity index (χ1n) is 6.47. The zero-order valence-corrected chi connectivity index (χ0v) is 12.2. The monoisotopic (exact) mass is 256 g/mol. The van der Waals surface area contributed by atoms with Gasteiger partial charge in [-0.1, -0.05) is 11.6 Å². The van der Waals surface area contributed by atoms with Gasteiger partial charge in [-0.05, 0) is 52.8 Å². The van der Waals surface area contributed by atoms with Crippen LogP contribution in [0.2, 0.25) is 0 Å². The van der Waals surface area contributed by atoms with E-state index in [0.717, 1.165) is 22.2 Å². The van der Waals surface area contributed by atoms with Crippen LogP contribution in [0.15, 0.2) is 24.3 Å². The molecular formula is C16H20N2O. The minimum absolute atomic E-state index is 0.0476. The Morgan fingerprint density at radius 1 is 1.16 bits per heavy atom. The number of hydrogen-bond acceptors (Lipinski definition) is 2. The molecule has 1 amide bonds. The molecule has 0 radical (unpaired) electrons. The van der Waals surface area contributed by atoms with E-state index >= 15 is 0 Å². The molecule has 0 atom stereocenters. The summed E-state index contributed by atoms with van der Waals surface area (Å²) in [5, 5.41) is 3.92. The largest absolute Gasteiger partial charge is 0.347 e. The van der Waals surface area contributed by atoms with Crippen LogP contribution in [0.3, 0.4) is 0 Å². The third-order valence-electron chi connectivity index (χ3n) is 2.83. The van der Waals surface area contributed by atoms with Crippen molar-refractivity contribution in [2.24, 2.45) is 0 Å². The van der Waals surface area contributed by atoms with Gasteiger partial charge in [-0.25, -0.2) is 0 Å². The quantitative estimate of drug-likeness (QED) is 0.850. The molecule has 2 rings (SSSR count). The first-order chi connectivity index (χ1) is 8.76. The van der Waals surface area contributed by atoms with Crippen LogP contribution in [-0.4, -0.2) is 16.4 Å². The topological polar surface area (TPSA) is 42.0 Å². The van der Waals surface area contributed by atoms with Crippen molar-refractivity contribution in [3.63, 3.8) is 0 Å². The molecule has 0 aliphatic rings. The van der Waals surface area contributed by atoms with Gasteiger partial charge in [0.05, 0.1) is 11.1 Å². The number of pyridine rings is 1. The standard InChI is InChI=1S/C16H20N2O/c1-10-6-7-14-12(8-10)13(9-11(2)17-14)15(19)18-16(3,4)5/h6-9H,1-5H3,(H,18,19). The highest BCUT2D eigenvalue weighted by Gasteiger charge is 2.18. The number of hydrogen-bond donors (Lipinski definition) is 1. The highest BCUT2D eigenvalue weighted by molar-refractivity contribution is 6.06. The number of carbonyl (C=O) groups excluding carboxylic acids is 1. The van der Waals surface area contributed by atoms with E-state index in [-0.39, 0.29) is 11.4 Å². The van der Waals surface area contributed by atoms with E-state index in [2.05, 4.69) is 10.3 Å². The van der Waals surface area contributed by atoms with Gasteiger partial charge in [0, 0.05) is 16.6 Å². The predicted molar refractivity (Wildman–Crippen MR) is 78.4 cm³/mol. The fourth-order valence-electron chi connectivity index (χ4n) is 2.07. The molecule has 0 saturated heterocycles. The number of fused-ring (bicyclic) bond motifs is 1. The molecule has 0 spiro atoms. The Morgan fingerprint density at radius 2 is 1.84 bits per heavy atom. The van der Waals surface area contributed by atoms with Crippen molar-refractivity contribution in [1.29, 1.82) is 0 Å². The maximum atomic E-state index is 12.4. The Balaban J connectivity index is 2.58. The van der Waals surface area contributed by atoms with Gasteiger partial charge in [-0.15, -0.1) is 0 Å². The van der Waals surface area contributed by atoms with Gasteiger partial charge in [0.15, 0.2) is 0 Å². The maximum absolute atomic E-state index is 12.4. The third-order valence-corrected chi connectivity index (χ3v) is 2.83. The average molecular weight is 256 g/mol. The lowest BCUT2D eigenvalue weighted by Gasteiger charge is -2.21. The summed E-state index contributed by atoms with van der Waals surface area (Å²) in [4.78, 5) is 16.9. The lowest BCUT2D eigenvalue weighted by molar-refractivity contribution is 0.0921. The second kappa shape index (κ2) is 4.65. The number of nitrogens with zero attached hydrogens (tertiary/aromatic N) is 1. The molecule has 1 aromatic carbocycles. The predicted octanol–water partition coefficient (Wildman–Crippen LogP) is 3.38. The molecule has 100 valence electrons. The maximum Gasteiger partial charge on any atom is 0.252 e. The minimum atomic E-state index is -0.246. The van der Waals surface area contributed by atoms with Gasteiger partial charge in [0.25, 0.3) is 5.91 Å². The van der Waals surface area contributed by atoms with Crippen molar-refractivity contribution in [2.75, 3.05) is 0 Å². The molecule has 1 heterocycles. The number of aromatic nitrogens is 1. The molecule has 19 heavy (non-hydrogen) atoms. The number of aryl methyl sites for hydroxylation is 2. The van der Waals surface area contributed by atoms with Crippen LogP contribution in [0.1, 0.15) is 42.4 Å². The average Bonchev–Trinajstić information content (AvgIpc) is 2.26. The Kier molecular flexibility index (Phi) is 3.31. The Hall–Kier alpha value is -1.90. The van der Waals surface area contributed by atoms with E-state index < -0.39 is 0 Å². The molecule has 0 bridgehead atoms. The normalized spacial score (nSPS) is 11.6. The van der Waals surface area contributed by atoms with Crippen molar-refractivity contribution < 1.29 is 4.79 Å². The van der Waals surface area contributed by atoms with Crippen LogP contribution in [0.4, 0.5) is 0 Å². The van der Waals surface area contributed by atoms with Crippen LogP contribution in [0.5, 0.6) is 0 Å². The molecule has 3 nitrogen and oxygen atoms in total. The first kappa shape index (κ1) is 13.5. The number of carbonyl (C=O) groups is 1. The van der Waals surface area contributed by atoms with Gasteiger partial charge in [-0.3, -0.25) is 9.78 Å². The molecular weight excluding hydrogens is 236 g/mol. The van der Waals surface area contributed by atoms with E-state index in [9.17, 15) is 4.79 Å². The Labute approximate surface area is 114 Å². The number of benzene rings is 1. The summed E-state index contributed by atoms with van der Waals surface area (Å²) in [5.41, 5.74) is 3.30. The molecule has 1 aromatic heterocycles. The minimum Gasteiger partial charge on any atom is -0.347 e. The van der Waals surface area contributed by atoms with Crippen LogP contribution in [0.25, 0.3) is 10.9 Å². The van der Waals surface area contributed by atoms with Gasteiger partial charge >= 0.3 is 0 Å². The van der Waals surface area contributed by atoms with Gasteiger partial charge in [0.1, 0.15) is 0 Å². The molecule has 2 aromatic rings. The van der Waals surface area contributed by atoms with Crippen molar-refractivity contribution in [2.45, 2.75) is 40.2 Å². The second-order valence-corrected chi connectivity index (χ2v) is 6.04. The zero-order chi connectivity index (χ0) is 14.2. The number of nitrogens with one attached hydrogen (secondary N) is 1. The van der Waals surface area contributed by atoms with Crippen molar-refractivity contribution in [1.82, 2.24) is 10.3 Å². The fraction of sp³-hybridized carbons (Fsp3) is 0.375. The second-order valence-electron chi connectivity index (χ2n) is 6.04. The smallest absolute Gasteiger partial charge is 0.252 e. The summed E-state index contributed by atoms with van der Waals surface area (Å²) in [6.45, 7) is 9.86. The molecule has 0 saturated carbocycles. The van der Waals surface area contributed by atoms with Crippen LogP contribution in [0, 0.1) is 13.8 Å². The Morgan fingerprint density at radius 3 is 2.47 bits per heavy atom. The summed E-state index contributed by atoms with van der Waals surface area (Å²) in [6.07, 6.45) is 0. The number of amides is 1. The van der Waals surface area contributed by atoms with Crippen molar-refractivity contribution >= 4 is 16.8 Å². The molecule has 0 aliphatic carbocycles. The molecule has 3 heteroatoms. The van der Waals surface area contributed by atoms with E-state index in [1.54, 1.807) is 0 Å². The van der Waals surface area contributed by atoms with Gasteiger partial charge in [-0.2, -0.15) is 0 Å². The number of rotatable bonds is 1. The zero-order valence-electron chi connectivity index (χ0n) is 12.2. The van der Waals surface area contributed by atoms with Crippen LogP contribution < -0.4 is 5.32 Å². The van der Waals surface area contributed by atoms with Crippen molar-refractivity contribution in [3.8, 4) is 0 Å². The molecule has 0 aliphatic heterocycles. The summed E-state index contributed by atoms with van der Waals surface area (Å²) in [6, 6.07) is 7.84. The van der Waals surface area contributed by atoms with E-state index in [4.69, 9.17) is 0 Å². The lowest BCUT2D eigenvalue weighted by Crippen LogP contribution is -2.40. The summed E-state index contributed by atoms with van der Waals surface area (Å²) in [7, 11) is 0. The Bertz CT molecular complexity index is 639. The molecule has 0 fully saturated rings. The summed E-state index contributed by atoms with van der Waals surface area (Å²) in [5.74, 6) is -0.0476. The van der Waals surface area contributed by atoms with E-state index in [1.807, 2.05) is 58.9 Å². The first-order valence-corrected chi connectivity index (χ1v) is 6.47. The highest BCUT2D eigenvalue weighted by Crippen LogP contribution is 2.20. The third kappa shape index (κ3) is 3.11. The van der Waals surface area contributed by atoms with Gasteiger partial charge in [0.2, 0.25) is 0 Å². The fourth-order valence-corrected chi connectivity index (χ4v) is 2.07. The van der Waals surface area contributed by atoms with Gasteiger partial charge < -0.3 is 5.32 Å². The summed E-state index contributed by atoms with van der Waals surface area (Å²) < 4.78 is 0. The van der Waals surface area contributed by atoms with Crippen LogP contribution in [-0.2, 0) is 0 Å². The van der Waals surface area contributed by atoms with E-state index in [0.29, 0.717) is 5.56 Å². The summed E-state index contributed by atoms with van der Waals surface area (Å²) >= 11 is 0. The SMILES string of the molecule is Cc1ccc2nc(C)cc(C(=O)NC(C)(C)C)c2c1. The lowest BCUT2D eigenvalue weighted by atomic mass is 10.0. The molecule has 1 N–H and O–H groups in total. The molecule has 0 unspecified atom stereocenters. The highest BCUT2D eigenvalue weighted by atomic mass is 16.1.